The summed E-state index contributed by atoms with van der Waals surface area (Å²) in [6.45, 7) is 2.43. The Morgan fingerprint density at radius 3 is 2.62 bits per heavy atom. The van der Waals surface area contributed by atoms with Crippen molar-refractivity contribution in [3.63, 3.8) is 0 Å². The third-order valence-electron chi connectivity index (χ3n) is 5.29. The van der Waals surface area contributed by atoms with Gasteiger partial charge in [-0.05, 0) is 42.8 Å². The molecule has 0 fully saturated rings. The van der Waals surface area contributed by atoms with Crippen LogP contribution in [0, 0.1) is 0 Å². The van der Waals surface area contributed by atoms with Crippen LogP contribution in [0.4, 0.5) is 5.13 Å². The molecule has 0 aliphatic rings. The number of amides is 1. The van der Waals surface area contributed by atoms with Gasteiger partial charge in [0.1, 0.15) is 5.58 Å². The van der Waals surface area contributed by atoms with Gasteiger partial charge in [-0.3, -0.25) is 10.1 Å². The van der Waals surface area contributed by atoms with Crippen LogP contribution in [0.2, 0.25) is 0 Å². The lowest BCUT2D eigenvalue weighted by Crippen LogP contribution is -2.28. The monoisotopic (exact) mass is 497 g/mol. The highest BCUT2D eigenvalue weighted by Crippen LogP contribution is 2.26. The predicted octanol–water partition coefficient (Wildman–Crippen LogP) is 4.59. The SMILES string of the molecule is CCCCN(C)S(=O)(=O)c1ccc(C(=O)Nc2nc(-c3cc4ccccc4oc3=O)cs2)cc1. The van der Waals surface area contributed by atoms with Gasteiger partial charge in [-0.25, -0.2) is 22.5 Å². The molecule has 0 radical (unpaired) electrons. The fraction of sp³-hybridized carbons (Fsp3) is 0.208. The van der Waals surface area contributed by atoms with Gasteiger partial charge < -0.3 is 4.42 Å². The molecule has 4 aromatic rings. The number of anilines is 1. The minimum atomic E-state index is -3.61. The van der Waals surface area contributed by atoms with E-state index in [1.54, 1.807) is 30.6 Å². The largest absolute Gasteiger partial charge is 0.422 e. The van der Waals surface area contributed by atoms with Crippen molar-refractivity contribution >= 4 is 43.4 Å². The third kappa shape index (κ3) is 4.93. The van der Waals surface area contributed by atoms with Crippen LogP contribution in [-0.4, -0.2) is 37.2 Å². The number of carbonyl (C=O) groups is 1. The highest BCUT2D eigenvalue weighted by Gasteiger charge is 2.21. The number of aromatic nitrogens is 1. The molecule has 4 rings (SSSR count). The van der Waals surface area contributed by atoms with Gasteiger partial charge in [-0.15, -0.1) is 11.3 Å². The fourth-order valence-electron chi connectivity index (χ4n) is 3.32. The van der Waals surface area contributed by atoms with E-state index in [0.29, 0.717) is 28.5 Å². The van der Waals surface area contributed by atoms with Crippen LogP contribution in [0.15, 0.2) is 74.1 Å². The van der Waals surface area contributed by atoms with Crippen molar-refractivity contribution in [3.05, 3.63) is 76.0 Å². The second-order valence-corrected chi connectivity index (χ2v) is 10.6. The highest BCUT2D eigenvalue weighted by molar-refractivity contribution is 7.89. The molecule has 0 bridgehead atoms. The average molecular weight is 498 g/mol. The van der Waals surface area contributed by atoms with Gasteiger partial charge in [0.25, 0.3) is 5.91 Å². The van der Waals surface area contributed by atoms with E-state index in [0.717, 1.165) is 18.2 Å². The van der Waals surface area contributed by atoms with E-state index < -0.39 is 21.6 Å². The molecule has 2 heterocycles. The zero-order valence-corrected chi connectivity index (χ0v) is 20.3. The van der Waals surface area contributed by atoms with Crippen molar-refractivity contribution in [3.8, 4) is 11.3 Å². The Morgan fingerprint density at radius 2 is 1.88 bits per heavy atom. The fourth-order valence-corrected chi connectivity index (χ4v) is 5.24. The Balaban J connectivity index is 1.49. The number of para-hydroxylation sites is 1. The van der Waals surface area contributed by atoms with Gasteiger partial charge in [0, 0.05) is 29.9 Å². The number of carbonyl (C=O) groups excluding carboxylic acids is 1. The summed E-state index contributed by atoms with van der Waals surface area (Å²) in [6.07, 6.45) is 1.66. The van der Waals surface area contributed by atoms with Gasteiger partial charge >= 0.3 is 5.63 Å². The molecule has 0 spiro atoms. The normalized spacial score (nSPS) is 11.7. The van der Waals surface area contributed by atoms with Crippen molar-refractivity contribution < 1.29 is 17.6 Å². The summed E-state index contributed by atoms with van der Waals surface area (Å²) in [5, 5.41) is 5.43. The molecule has 10 heteroatoms. The lowest BCUT2D eigenvalue weighted by molar-refractivity contribution is 0.102. The first-order valence-corrected chi connectivity index (χ1v) is 13.0. The Labute approximate surface area is 200 Å². The molecule has 2 aromatic carbocycles. The number of nitrogens with one attached hydrogen (secondary N) is 1. The summed E-state index contributed by atoms with van der Waals surface area (Å²) in [4.78, 5) is 29.5. The summed E-state index contributed by atoms with van der Waals surface area (Å²) in [5.41, 5.74) is 0.968. The zero-order chi connectivity index (χ0) is 24.3. The number of benzene rings is 2. The molecule has 176 valence electrons. The van der Waals surface area contributed by atoms with Gasteiger partial charge in [-0.1, -0.05) is 31.5 Å². The van der Waals surface area contributed by atoms with Crippen molar-refractivity contribution in [2.75, 3.05) is 18.9 Å². The lowest BCUT2D eigenvalue weighted by atomic mass is 10.1. The van der Waals surface area contributed by atoms with Crippen molar-refractivity contribution in [2.24, 2.45) is 0 Å². The topological polar surface area (TPSA) is 110 Å². The van der Waals surface area contributed by atoms with E-state index in [2.05, 4.69) is 10.3 Å². The van der Waals surface area contributed by atoms with Crippen LogP contribution in [0.3, 0.4) is 0 Å². The first-order valence-electron chi connectivity index (χ1n) is 10.7. The summed E-state index contributed by atoms with van der Waals surface area (Å²) in [5.74, 6) is -0.435. The standard InChI is InChI=1S/C24H23N3O5S2/c1-3-4-13-27(2)34(30,31)18-11-9-16(10-12-18)22(28)26-24-25-20(15-33-24)19-14-17-7-5-6-8-21(17)32-23(19)29/h5-12,14-15H,3-4,13H2,1-2H3,(H,25,26,28). The van der Waals surface area contributed by atoms with Gasteiger partial charge in [0.15, 0.2) is 5.13 Å². The molecule has 0 saturated carbocycles. The van der Waals surface area contributed by atoms with Crippen LogP contribution < -0.4 is 10.9 Å². The first kappa shape index (κ1) is 23.8. The molecule has 2 aromatic heterocycles. The molecule has 8 nitrogen and oxygen atoms in total. The molecule has 0 unspecified atom stereocenters. The minimum Gasteiger partial charge on any atom is -0.422 e. The number of sulfonamides is 1. The summed E-state index contributed by atoms with van der Waals surface area (Å²) in [7, 11) is -2.06. The highest BCUT2D eigenvalue weighted by atomic mass is 32.2. The summed E-state index contributed by atoms with van der Waals surface area (Å²) < 4.78 is 31.9. The van der Waals surface area contributed by atoms with Gasteiger partial charge in [0.2, 0.25) is 10.0 Å². The second kappa shape index (κ2) is 9.88. The van der Waals surface area contributed by atoms with Crippen molar-refractivity contribution in [2.45, 2.75) is 24.7 Å². The van der Waals surface area contributed by atoms with E-state index in [4.69, 9.17) is 4.42 Å². The average Bonchev–Trinajstić information content (AvgIpc) is 3.30. The Morgan fingerprint density at radius 1 is 1.15 bits per heavy atom. The molecule has 34 heavy (non-hydrogen) atoms. The first-order chi connectivity index (χ1) is 16.3. The number of thiazole rings is 1. The van der Waals surface area contributed by atoms with Gasteiger partial charge in [0.05, 0.1) is 16.2 Å². The van der Waals surface area contributed by atoms with Crippen LogP contribution in [-0.2, 0) is 10.0 Å². The molecule has 1 amide bonds. The third-order valence-corrected chi connectivity index (χ3v) is 7.92. The number of hydrogen-bond donors (Lipinski definition) is 1. The number of hydrogen-bond acceptors (Lipinski definition) is 7. The molecule has 0 aliphatic heterocycles. The minimum absolute atomic E-state index is 0.127. The predicted molar refractivity (Wildman–Crippen MR) is 133 cm³/mol. The maximum absolute atomic E-state index is 12.7. The number of fused-ring (bicyclic) bond motifs is 1. The molecular weight excluding hydrogens is 474 g/mol. The Bertz CT molecular complexity index is 1490. The molecule has 0 saturated heterocycles. The summed E-state index contributed by atoms with van der Waals surface area (Å²) in [6, 6.07) is 14.6. The van der Waals surface area contributed by atoms with E-state index in [1.165, 1.54) is 39.9 Å². The maximum atomic E-state index is 12.7. The Kier molecular flexibility index (Phi) is 6.92. The van der Waals surface area contributed by atoms with E-state index >= 15 is 0 Å². The van der Waals surface area contributed by atoms with Gasteiger partial charge in [-0.2, -0.15) is 0 Å². The number of nitrogens with zero attached hydrogens (tertiary/aromatic N) is 2. The van der Waals surface area contributed by atoms with E-state index in [9.17, 15) is 18.0 Å². The van der Waals surface area contributed by atoms with E-state index in [1.807, 2.05) is 19.1 Å². The quantitative estimate of drug-likeness (QED) is 0.357. The van der Waals surface area contributed by atoms with Crippen LogP contribution in [0.25, 0.3) is 22.2 Å². The van der Waals surface area contributed by atoms with Crippen molar-refractivity contribution in [1.82, 2.24) is 9.29 Å². The summed E-state index contributed by atoms with van der Waals surface area (Å²) >= 11 is 1.17. The van der Waals surface area contributed by atoms with E-state index in [-0.39, 0.29) is 10.5 Å². The van der Waals surface area contributed by atoms with Crippen LogP contribution in [0.1, 0.15) is 30.1 Å². The second-order valence-electron chi connectivity index (χ2n) is 7.68. The van der Waals surface area contributed by atoms with Crippen molar-refractivity contribution in [1.29, 1.82) is 0 Å². The molecular formula is C24H23N3O5S2. The molecule has 0 aliphatic carbocycles. The smallest absolute Gasteiger partial charge is 0.345 e. The van der Waals surface area contributed by atoms with Crippen LogP contribution in [0.5, 0.6) is 0 Å². The van der Waals surface area contributed by atoms with Crippen LogP contribution >= 0.6 is 11.3 Å². The molecule has 0 atom stereocenters. The molecule has 1 N–H and O–H groups in total. The Hall–Kier alpha value is -3.34. The number of unbranched alkanes of at least 4 members (excludes halogenated alkanes) is 1. The number of rotatable bonds is 8. The zero-order valence-electron chi connectivity index (χ0n) is 18.6. The lowest BCUT2D eigenvalue weighted by Gasteiger charge is -2.16. The maximum Gasteiger partial charge on any atom is 0.345 e.